The summed E-state index contributed by atoms with van der Waals surface area (Å²) in [6.07, 6.45) is 2.66. The zero-order valence-corrected chi connectivity index (χ0v) is 12.6. The maximum absolute atomic E-state index is 12.9. The molecule has 2 saturated heterocycles. The van der Waals surface area contributed by atoms with E-state index in [9.17, 15) is 9.59 Å². The van der Waals surface area contributed by atoms with Gasteiger partial charge in [0, 0.05) is 31.7 Å². The van der Waals surface area contributed by atoms with Gasteiger partial charge in [0.1, 0.15) is 5.56 Å². The first-order valence-electron chi connectivity index (χ1n) is 7.85. The molecule has 2 aliphatic heterocycles. The van der Waals surface area contributed by atoms with Crippen LogP contribution in [0, 0.1) is 11.8 Å². The third-order valence-electron chi connectivity index (χ3n) is 4.92. The Morgan fingerprint density at radius 1 is 1.22 bits per heavy atom. The third-order valence-corrected chi connectivity index (χ3v) is 4.92. The average Bonchev–Trinajstić information content (AvgIpc) is 3.16. The van der Waals surface area contributed by atoms with Crippen LogP contribution < -0.4 is 10.9 Å². The molecule has 0 bridgehead atoms. The molecule has 4 rings (SSSR count). The van der Waals surface area contributed by atoms with E-state index in [0.29, 0.717) is 18.4 Å². The van der Waals surface area contributed by atoms with E-state index in [1.807, 2.05) is 23.1 Å². The van der Waals surface area contributed by atoms with Crippen LogP contribution in [-0.2, 0) is 0 Å². The Bertz CT molecular complexity index is 773. The lowest BCUT2D eigenvalue weighted by Crippen LogP contribution is -2.37. The van der Waals surface area contributed by atoms with Crippen LogP contribution in [-0.4, -0.2) is 40.4 Å². The van der Waals surface area contributed by atoms with E-state index in [4.69, 9.17) is 0 Å². The van der Waals surface area contributed by atoms with Gasteiger partial charge >= 0.3 is 0 Å². The van der Waals surface area contributed by atoms with Gasteiger partial charge < -0.3 is 15.2 Å². The Labute approximate surface area is 133 Å². The van der Waals surface area contributed by atoms with E-state index >= 15 is 0 Å². The summed E-state index contributed by atoms with van der Waals surface area (Å²) in [6, 6.07) is 10.1. The molecule has 0 radical (unpaired) electrons. The summed E-state index contributed by atoms with van der Waals surface area (Å²) < 4.78 is 0. The molecule has 2 fully saturated rings. The smallest absolute Gasteiger partial charge is 0.263 e. The van der Waals surface area contributed by atoms with Gasteiger partial charge in [0.25, 0.3) is 11.5 Å². The minimum absolute atomic E-state index is 0.00306. The van der Waals surface area contributed by atoms with E-state index in [1.54, 1.807) is 0 Å². The molecular formula is C17H18N4O2. The summed E-state index contributed by atoms with van der Waals surface area (Å²) >= 11 is 0. The molecule has 6 heteroatoms. The normalized spacial score (nSPS) is 26.3. The molecule has 3 heterocycles. The Balaban J connectivity index is 1.73. The number of carbonyl (C=O) groups is 1. The number of hydrogen-bond donors (Lipinski definition) is 2. The number of aromatic nitrogens is 2. The van der Waals surface area contributed by atoms with Gasteiger partial charge in [0.2, 0.25) is 0 Å². The number of nitrogens with one attached hydrogen (secondary N) is 2. The van der Waals surface area contributed by atoms with Crippen molar-refractivity contribution < 1.29 is 4.79 Å². The van der Waals surface area contributed by atoms with Crippen LogP contribution in [0.1, 0.15) is 22.0 Å². The number of fused-ring (bicyclic) bond motifs is 1. The summed E-state index contributed by atoms with van der Waals surface area (Å²) in [5.74, 6) is 0.583. The molecule has 1 amide bonds. The fraction of sp³-hybridized carbons (Fsp3) is 0.353. The monoisotopic (exact) mass is 310 g/mol. The highest BCUT2D eigenvalue weighted by atomic mass is 16.2. The van der Waals surface area contributed by atoms with Gasteiger partial charge in [-0.3, -0.25) is 9.59 Å². The van der Waals surface area contributed by atoms with Crippen molar-refractivity contribution in [3.63, 3.8) is 0 Å². The molecule has 6 nitrogen and oxygen atoms in total. The van der Waals surface area contributed by atoms with E-state index in [-0.39, 0.29) is 23.1 Å². The maximum atomic E-state index is 12.9. The standard InChI is InChI=1S/C17H18N4O2/c22-16-14(8-19-10-20-16)17(23)21-9-12-6-18-7-13(12)15(21)11-4-2-1-3-5-11/h1-5,8,10,12-13,15,18H,6-7,9H2,(H,19,20,22)/t12-,13-,15+/m0/s1. The number of H-pyrrole nitrogens is 1. The summed E-state index contributed by atoms with van der Waals surface area (Å²) in [7, 11) is 0. The summed E-state index contributed by atoms with van der Waals surface area (Å²) in [6.45, 7) is 2.49. The van der Waals surface area contributed by atoms with E-state index in [2.05, 4.69) is 27.4 Å². The van der Waals surface area contributed by atoms with Gasteiger partial charge in [-0.1, -0.05) is 30.3 Å². The van der Waals surface area contributed by atoms with Crippen molar-refractivity contribution in [3.05, 3.63) is 64.3 Å². The Hall–Kier alpha value is -2.47. The molecule has 0 saturated carbocycles. The van der Waals surface area contributed by atoms with Crippen molar-refractivity contribution in [2.45, 2.75) is 6.04 Å². The topological polar surface area (TPSA) is 78.1 Å². The molecule has 2 aromatic rings. The second-order valence-corrected chi connectivity index (χ2v) is 6.19. The van der Waals surface area contributed by atoms with E-state index in [0.717, 1.165) is 18.7 Å². The molecular weight excluding hydrogens is 292 g/mol. The van der Waals surface area contributed by atoms with Gasteiger partial charge in [0.05, 0.1) is 12.4 Å². The minimum atomic E-state index is -0.382. The van der Waals surface area contributed by atoms with E-state index < -0.39 is 0 Å². The molecule has 2 N–H and O–H groups in total. The average molecular weight is 310 g/mol. The lowest BCUT2D eigenvalue weighted by molar-refractivity contribution is 0.0711. The quantitative estimate of drug-likeness (QED) is 0.860. The van der Waals surface area contributed by atoms with Gasteiger partial charge in [-0.25, -0.2) is 4.98 Å². The van der Waals surface area contributed by atoms with Crippen molar-refractivity contribution in [1.29, 1.82) is 0 Å². The highest BCUT2D eigenvalue weighted by Crippen LogP contribution is 2.42. The largest absolute Gasteiger partial charge is 0.331 e. The predicted octanol–water partition coefficient (Wildman–Crippen LogP) is 0.803. The van der Waals surface area contributed by atoms with Crippen molar-refractivity contribution in [2.75, 3.05) is 19.6 Å². The molecule has 0 unspecified atom stereocenters. The Kier molecular flexibility index (Phi) is 3.46. The van der Waals surface area contributed by atoms with Gasteiger partial charge in [-0.2, -0.15) is 0 Å². The number of benzene rings is 1. The Morgan fingerprint density at radius 3 is 2.83 bits per heavy atom. The summed E-state index contributed by atoms with van der Waals surface area (Å²) in [4.78, 5) is 33.1. The lowest BCUT2D eigenvalue weighted by atomic mass is 9.89. The molecule has 0 aliphatic carbocycles. The summed E-state index contributed by atoms with van der Waals surface area (Å²) in [5, 5.41) is 3.42. The molecule has 118 valence electrons. The van der Waals surface area contributed by atoms with Crippen LogP contribution in [0.3, 0.4) is 0 Å². The zero-order valence-electron chi connectivity index (χ0n) is 12.6. The van der Waals surface area contributed by atoms with Crippen LogP contribution in [0.25, 0.3) is 0 Å². The van der Waals surface area contributed by atoms with Crippen molar-refractivity contribution in [3.8, 4) is 0 Å². The third kappa shape index (κ3) is 2.35. The predicted molar refractivity (Wildman–Crippen MR) is 84.9 cm³/mol. The molecule has 1 aromatic heterocycles. The number of carbonyl (C=O) groups excluding carboxylic acids is 1. The lowest BCUT2D eigenvalue weighted by Gasteiger charge is -2.28. The second-order valence-electron chi connectivity index (χ2n) is 6.19. The maximum Gasteiger partial charge on any atom is 0.263 e. The first kappa shape index (κ1) is 14.1. The van der Waals surface area contributed by atoms with Gasteiger partial charge in [-0.05, 0) is 11.5 Å². The van der Waals surface area contributed by atoms with Crippen molar-refractivity contribution in [1.82, 2.24) is 20.2 Å². The highest BCUT2D eigenvalue weighted by molar-refractivity contribution is 5.94. The number of aromatic amines is 1. The second kappa shape index (κ2) is 5.62. The number of nitrogens with zero attached hydrogens (tertiary/aromatic N) is 2. The zero-order chi connectivity index (χ0) is 15.8. The van der Waals surface area contributed by atoms with Crippen LogP contribution in [0.4, 0.5) is 0 Å². The van der Waals surface area contributed by atoms with Crippen LogP contribution in [0.2, 0.25) is 0 Å². The Morgan fingerprint density at radius 2 is 2.04 bits per heavy atom. The number of rotatable bonds is 2. The molecule has 0 spiro atoms. The number of likely N-dealkylation sites (tertiary alicyclic amines) is 1. The SMILES string of the molecule is O=C(c1cnc[nH]c1=O)N1C[C@@H]2CNC[C@@H]2[C@H]1c1ccccc1. The van der Waals surface area contributed by atoms with E-state index in [1.165, 1.54) is 12.5 Å². The first-order chi connectivity index (χ1) is 11.3. The molecule has 23 heavy (non-hydrogen) atoms. The van der Waals surface area contributed by atoms with Crippen molar-refractivity contribution >= 4 is 5.91 Å². The fourth-order valence-corrected chi connectivity index (χ4v) is 3.86. The first-order valence-corrected chi connectivity index (χ1v) is 7.85. The molecule has 2 aliphatic rings. The number of hydrogen-bond acceptors (Lipinski definition) is 4. The van der Waals surface area contributed by atoms with Crippen LogP contribution >= 0.6 is 0 Å². The van der Waals surface area contributed by atoms with Gasteiger partial charge in [0.15, 0.2) is 0 Å². The van der Waals surface area contributed by atoms with Gasteiger partial charge in [-0.15, -0.1) is 0 Å². The molecule has 1 aromatic carbocycles. The number of amides is 1. The van der Waals surface area contributed by atoms with Crippen molar-refractivity contribution in [2.24, 2.45) is 11.8 Å². The molecule has 3 atom stereocenters. The minimum Gasteiger partial charge on any atom is -0.331 e. The highest BCUT2D eigenvalue weighted by Gasteiger charge is 2.47. The van der Waals surface area contributed by atoms with Crippen LogP contribution in [0.15, 0.2) is 47.7 Å². The fourth-order valence-electron chi connectivity index (χ4n) is 3.86. The summed E-state index contributed by atoms with van der Waals surface area (Å²) in [5.41, 5.74) is 0.853. The van der Waals surface area contributed by atoms with Crippen LogP contribution in [0.5, 0.6) is 0 Å².